The first-order chi connectivity index (χ1) is 36.5. The molecule has 0 spiro atoms. The van der Waals surface area contributed by atoms with Crippen LogP contribution in [0.2, 0.25) is 0 Å². The average Bonchev–Trinajstić information content (AvgIpc) is 3.44. The van der Waals surface area contributed by atoms with E-state index >= 15 is 0 Å². The van der Waals surface area contributed by atoms with Crippen molar-refractivity contribution >= 4 is 58.1 Å². The Bertz CT molecular complexity index is 2770. The molecule has 0 bridgehead atoms. The highest BCUT2D eigenvalue weighted by molar-refractivity contribution is 6.75. The van der Waals surface area contributed by atoms with Gasteiger partial charge in [-0.05, 0) is 84.9 Å². The number of hydrogen-bond donors (Lipinski definition) is 2. The van der Waals surface area contributed by atoms with Crippen LogP contribution in [0.3, 0.4) is 0 Å². The third-order valence-electron chi connectivity index (χ3n) is 10.3. The molecule has 2 saturated heterocycles. The zero-order valence-electron chi connectivity index (χ0n) is 40.0. The molecule has 78 heavy (non-hydrogen) atoms. The van der Waals surface area contributed by atoms with Gasteiger partial charge in [-0.25, -0.2) is 28.3 Å². The lowest BCUT2D eigenvalue weighted by Crippen LogP contribution is -2.36. The maximum absolute atomic E-state index is 14.6. The van der Waals surface area contributed by atoms with E-state index in [-0.39, 0.29) is 34.5 Å². The van der Waals surface area contributed by atoms with Gasteiger partial charge >= 0.3 is 42.5 Å². The van der Waals surface area contributed by atoms with Crippen molar-refractivity contribution in [3.63, 3.8) is 0 Å². The second-order valence-electron chi connectivity index (χ2n) is 15.6. The molecule has 30 heteroatoms. The number of aromatic nitrogens is 4. The van der Waals surface area contributed by atoms with Crippen molar-refractivity contribution in [2.24, 2.45) is 0 Å². The fourth-order valence-electron chi connectivity index (χ4n) is 6.53. The number of nitrogens with zero attached hydrogens (tertiary/aromatic N) is 6. The lowest BCUT2D eigenvalue weighted by Gasteiger charge is -2.29. The van der Waals surface area contributed by atoms with Crippen molar-refractivity contribution in [1.82, 2.24) is 19.9 Å². The minimum absolute atomic E-state index is 0.0270. The van der Waals surface area contributed by atoms with Gasteiger partial charge in [0, 0.05) is 48.7 Å². The van der Waals surface area contributed by atoms with E-state index in [2.05, 4.69) is 19.9 Å². The second-order valence-corrected chi connectivity index (χ2v) is 17.9. The second kappa shape index (κ2) is 26.9. The molecule has 0 radical (unpaired) electrons. The molecule has 4 heterocycles. The number of rotatable bonds is 10. The molecule has 16 nitrogen and oxygen atoms in total. The Hall–Kier alpha value is -7.20. The zero-order chi connectivity index (χ0) is 57.6. The third-order valence-corrected chi connectivity index (χ3v) is 10.7. The maximum Gasteiger partial charge on any atom is 0.490 e. The molecule has 0 saturated carbocycles. The molecule has 8 rings (SSSR count). The normalized spacial score (nSPS) is 13.8. The van der Waals surface area contributed by atoms with Crippen LogP contribution in [0, 0.1) is 11.6 Å². The van der Waals surface area contributed by atoms with Gasteiger partial charge in [-0.3, -0.25) is 0 Å². The third kappa shape index (κ3) is 18.5. The Morgan fingerprint density at radius 2 is 0.846 bits per heavy atom. The van der Waals surface area contributed by atoms with E-state index in [4.69, 9.17) is 78.2 Å². The number of anilines is 2. The van der Waals surface area contributed by atoms with Crippen LogP contribution in [0.5, 0.6) is 35.0 Å². The fraction of sp³-hybridized carbons (Fsp3) is 0.292. The highest BCUT2D eigenvalue weighted by Crippen LogP contribution is 2.39. The van der Waals surface area contributed by atoms with E-state index in [9.17, 15) is 53.1 Å². The lowest BCUT2D eigenvalue weighted by atomic mass is 10.0. The molecule has 2 aliphatic rings. The van der Waals surface area contributed by atoms with Crippen LogP contribution in [0.25, 0.3) is 22.5 Å². The summed E-state index contributed by atoms with van der Waals surface area (Å²) in [6, 6.07) is 19.4. The number of benzene rings is 4. The van der Waals surface area contributed by atoms with Crippen LogP contribution in [-0.2, 0) is 31.4 Å². The van der Waals surface area contributed by atoms with Crippen molar-refractivity contribution < 1.29 is 96.5 Å². The summed E-state index contributed by atoms with van der Waals surface area (Å²) in [6.45, 7) is 3.30. The number of alkyl halides is 12. The van der Waals surface area contributed by atoms with Gasteiger partial charge < -0.3 is 48.4 Å². The molecular formula is C48H40Cl3F11N6O10. The highest BCUT2D eigenvalue weighted by atomic mass is 35.6. The predicted octanol–water partition coefficient (Wildman–Crippen LogP) is 12.0. The Balaban J connectivity index is 0.000000231. The van der Waals surface area contributed by atoms with Crippen molar-refractivity contribution in [1.29, 1.82) is 0 Å². The SMILES string of the molecule is COc1ccc(Oc2ncc(F)c(-c3cc(N4CCOCC4)cc(C(F)(F)F)c3)n2)cc1.COc1ccc(Oc2ncc(F)c(-c3cc(N4CCOCC4)cc(C(F)(F)F)c3)n2)cc1.O=C(O)C(Cl)(Cl)Cl.O=C(O)C(F)(F)F. The fourth-order valence-corrected chi connectivity index (χ4v) is 6.53. The molecule has 0 unspecified atom stereocenters. The number of aliphatic carboxylic acids is 2. The van der Waals surface area contributed by atoms with Crippen LogP contribution in [0.4, 0.5) is 59.7 Å². The van der Waals surface area contributed by atoms with Crippen LogP contribution >= 0.6 is 34.8 Å². The first-order valence-corrected chi connectivity index (χ1v) is 23.1. The summed E-state index contributed by atoms with van der Waals surface area (Å²) < 4.78 is 172. The first-order valence-electron chi connectivity index (χ1n) is 22.0. The number of hydrogen-bond acceptors (Lipinski definition) is 14. The maximum atomic E-state index is 14.6. The van der Waals surface area contributed by atoms with Crippen molar-refractivity contribution in [2.45, 2.75) is 22.3 Å². The Kier molecular flexibility index (Phi) is 21.3. The molecule has 6 aromatic rings. The van der Waals surface area contributed by atoms with Crippen LogP contribution < -0.4 is 28.7 Å². The summed E-state index contributed by atoms with van der Waals surface area (Å²) in [6.07, 6.45) is -12.6. The zero-order valence-corrected chi connectivity index (χ0v) is 42.3. The topological polar surface area (TPSA) is 188 Å². The van der Waals surface area contributed by atoms with Gasteiger partial charge in [0.25, 0.3) is 3.79 Å². The summed E-state index contributed by atoms with van der Waals surface area (Å²) in [7, 11) is 3.04. The van der Waals surface area contributed by atoms with Crippen molar-refractivity contribution in [2.75, 3.05) is 76.6 Å². The monoisotopic (exact) mass is 1170 g/mol. The van der Waals surface area contributed by atoms with E-state index in [0.717, 1.165) is 36.7 Å². The van der Waals surface area contributed by atoms with E-state index in [1.54, 1.807) is 58.3 Å². The lowest BCUT2D eigenvalue weighted by molar-refractivity contribution is -0.192. The molecule has 2 aromatic heterocycles. The minimum atomic E-state index is -5.08. The number of carbonyl (C=O) groups is 2. The van der Waals surface area contributed by atoms with Gasteiger partial charge in [0.05, 0.1) is 64.2 Å². The molecule has 2 N–H and O–H groups in total. The van der Waals surface area contributed by atoms with Gasteiger partial charge in [0.15, 0.2) is 11.6 Å². The summed E-state index contributed by atoms with van der Waals surface area (Å²) in [5.41, 5.74) is -1.79. The molecular weight excluding hydrogens is 1140 g/mol. The molecule has 0 atom stereocenters. The number of halogens is 14. The number of ether oxygens (including phenoxy) is 6. The van der Waals surface area contributed by atoms with Gasteiger partial charge in [-0.15, -0.1) is 0 Å². The minimum Gasteiger partial charge on any atom is -0.497 e. The smallest absolute Gasteiger partial charge is 0.490 e. The van der Waals surface area contributed by atoms with E-state index in [0.29, 0.717) is 87.0 Å². The Morgan fingerprint density at radius 3 is 1.12 bits per heavy atom. The van der Waals surface area contributed by atoms with Gasteiger partial charge in [-0.1, -0.05) is 34.8 Å². The number of morpholine rings is 2. The molecule has 0 aliphatic carbocycles. The highest BCUT2D eigenvalue weighted by Gasteiger charge is 2.38. The van der Waals surface area contributed by atoms with Crippen LogP contribution in [0.15, 0.2) is 97.3 Å². The molecule has 2 aliphatic heterocycles. The van der Waals surface area contributed by atoms with Crippen molar-refractivity contribution in [3.05, 3.63) is 120 Å². The first kappa shape index (κ1) is 61.7. The van der Waals surface area contributed by atoms with Crippen LogP contribution in [0.1, 0.15) is 11.1 Å². The standard InChI is InChI=1S/2C22H19F4N3O3.C2HCl3O2.C2HF3O2/c2*1-30-17-2-4-18(5-3-17)32-21-27-13-19(23)20(28-21)14-10-15(22(24,25)26)12-16(11-14)29-6-8-31-9-7-29;2*3-2(4,5)1(6)7/h2*2-5,10-13H,6-9H2,1H3;2*(H,6,7). The Labute approximate surface area is 449 Å². The molecule has 0 amide bonds. The Morgan fingerprint density at radius 1 is 0.538 bits per heavy atom. The summed E-state index contributed by atoms with van der Waals surface area (Å²) in [5.74, 6) is -4.00. The quantitative estimate of drug-likeness (QED) is 0.0973. The van der Waals surface area contributed by atoms with Gasteiger partial charge in [-0.2, -0.15) is 49.5 Å². The average molecular weight is 1180 g/mol. The molecule has 2 fully saturated rings. The van der Waals surface area contributed by atoms with Crippen LogP contribution in [-0.4, -0.2) is 119 Å². The van der Waals surface area contributed by atoms with E-state index in [1.165, 1.54) is 26.4 Å². The van der Waals surface area contributed by atoms with E-state index < -0.39 is 57.0 Å². The molecule has 4 aromatic carbocycles. The van der Waals surface area contributed by atoms with Crippen molar-refractivity contribution in [3.8, 4) is 57.5 Å². The number of methoxy groups -OCH3 is 2. The largest absolute Gasteiger partial charge is 0.497 e. The summed E-state index contributed by atoms with van der Waals surface area (Å²) in [5, 5.41) is 15.0. The van der Waals surface area contributed by atoms with E-state index in [1.807, 2.05) is 0 Å². The predicted molar refractivity (Wildman–Crippen MR) is 259 cm³/mol. The molecule has 420 valence electrons. The number of carboxylic acid groups (broad SMARTS) is 2. The summed E-state index contributed by atoms with van der Waals surface area (Å²) >= 11 is 14.4. The van der Waals surface area contributed by atoms with Gasteiger partial charge in [0.2, 0.25) is 0 Å². The number of carboxylic acids is 2. The summed E-state index contributed by atoms with van der Waals surface area (Å²) in [4.78, 5) is 37.7. The van der Waals surface area contributed by atoms with Gasteiger partial charge in [0.1, 0.15) is 34.4 Å².